The van der Waals surface area contributed by atoms with Gasteiger partial charge in [-0.25, -0.2) is 0 Å². The number of hydrogen-bond donors (Lipinski definition) is 22. The molecule has 758 valence electrons. The van der Waals surface area contributed by atoms with Crippen molar-refractivity contribution in [1.82, 2.24) is 51.6 Å². The summed E-state index contributed by atoms with van der Waals surface area (Å²) in [6, 6.07) is 11.3. The van der Waals surface area contributed by atoms with E-state index >= 15 is 0 Å². The van der Waals surface area contributed by atoms with Crippen LogP contribution in [0.2, 0.25) is 0 Å². The van der Waals surface area contributed by atoms with Crippen molar-refractivity contribution in [3.8, 4) is 11.5 Å². The number of nitrogens with one attached hydrogen (secondary N) is 6. The van der Waals surface area contributed by atoms with Crippen molar-refractivity contribution in [2.45, 2.75) is 161 Å². The van der Waals surface area contributed by atoms with Crippen molar-refractivity contribution in [2.24, 2.45) is 34.8 Å². The summed E-state index contributed by atoms with van der Waals surface area (Å²) >= 11 is 14.3. The Balaban J connectivity index is -0.000000457. The van der Waals surface area contributed by atoms with Crippen LogP contribution in [0.3, 0.4) is 0 Å². The molecule has 2 aliphatic heterocycles. The molecule has 3 heterocycles. The molecular weight excluding hydrogens is 1930 g/mol. The maximum atomic E-state index is 11.8. The average Bonchev–Trinajstić information content (AvgIpc) is 0.773. The average molecular weight is 2110 g/mol. The highest BCUT2D eigenvalue weighted by atomic mass is 79.9. The number of pyridine rings is 1. The molecule has 34 nitrogen and oxygen atoms in total. The molecule has 5 rings (SSSR count). The molecule has 0 aliphatic carbocycles. The first-order chi connectivity index (χ1) is 62.5. The van der Waals surface area contributed by atoms with Crippen LogP contribution in [0.15, 0.2) is 78.8 Å². The number of aliphatic hydroxyl groups is 12. The minimum atomic E-state index is -0.808. The largest absolute Gasteiger partial charge is 0.489 e. The van der Waals surface area contributed by atoms with Gasteiger partial charge in [0.1, 0.15) is 24.7 Å². The maximum Gasteiger partial charge on any atom is 0.309 e. The Labute approximate surface area is 807 Å². The molecule has 0 saturated carbocycles. The van der Waals surface area contributed by atoms with E-state index in [1.807, 2.05) is 52.5 Å². The number of unbranched alkanes of at least 4 members (excludes halogenated alkanes) is 9. The Kier molecular flexibility index (Phi) is 107. The van der Waals surface area contributed by atoms with E-state index in [2.05, 4.69) is 136 Å². The summed E-state index contributed by atoms with van der Waals surface area (Å²) in [6.07, 6.45) is 33.3. The first kappa shape index (κ1) is 134. The van der Waals surface area contributed by atoms with Gasteiger partial charge in [0.2, 0.25) is 0 Å². The lowest BCUT2D eigenvalue weighted by Gasteiger charge is -2.33. The van der Waals surface area contributed by atoms with Gasteiger partial charge in [0, 0.05) is 142 Å². The van der Waals surface area contributed by atoms with Crippen LogP contribution in [0.4, 0.5) is 0 Å². The monoisotopic (exact) mass is 2100 g/mol. The second kappa shape index (κ2) is 103. The first-order valence-corrected chi connectivity index (χ1v) is 49.2. The smallest absolute Gasteiger partial charge is 0.309 e. The highest BCUT2D eigenvalue weighted by molar-refractivity contribution is 9.11. The summed E-state index contributed by atoms with van der Waals surface area (Å²) in [6.45, 7) is 23.4. The van der Waals surface area contributed by atoms with Crippen LogP contribution < -0.4 is 64.3 Å². The van der Waals surface area contributed by atoms with Crippen molar-refractivity contribution in [3.63, 3.8) is 0 Å². The van der Waals surface area contributed by atoms with E-state index in [1.54, 1.807) is 12.1 Å². The van der Waals surface area contributed by atoms with Gasteiger partial charge in [-0.15, -0.1) is 0 Å². The molecule has 2 fully saturated rings. The molecule has 2 saturated heterocycles. The summed E-state index contributed by atoms with van der Waals surface area (Å²) in [5.74, 6) is 1.36. The molecule has 3 amide bonds. The molecule has 0 unspecified atom stereocenters. The van der Waals surface area contributed by atoms with E-state index in [0.29, 0.717) is 95.8 Å². The number of carbonyl (C=O) groups excluding carboxylic acids is 3. The molecule has 2 aliphatic rings. The summed E-state index contributed by atoms with van der Waals surface area (Å²) in [5.41, 5.74) is 23.4. The zero-order chi connectivity index (χ0) is 97.3. The van der Waals surface area contributed by atoms with Crippen molar-refractivity contribution in [3.05, 3.63) is 95.5 Å². The van der Waals surface area contributed by atoms with Gasteiger partial charge in [0.25, 0.3) is 5.91 Å². The van der Waals surface area contributed by atoms with Gasteiger partial charge in [0.15, 0.2) is 0 Å². The SMILES string of the molecule is CC(C)(c1cc(Br)c(OCCO)c(Br)c1)c1cc(Br)c(OCCO)c(Br)c1.CNC/C=C/CNC.CNCCCNC.NCCCCCCCCCCN.NCCOCCN.O=C(NCCO)C(=O)NCCO.O=C(c1ccncc1)N(CCO)CCO.OCCCCCO.OCCCOCCCOCCCO.OCCN1CCC(CCCC2CCN(CCO)CC2)CC1. The van der Waals surface area contributed by atoms with Crippen LogP contribution in [0.1, 0.15) is 177 Å². The quantitative estimate of drug-likeness (QED) is 0.0198. The number of piperidine rings is 2. The van der Waals surface area contributed by atoms with E-state index in [0.717, 1.165) is 119 Å². The topological polar surface area (TPSA) is 539 Å². The minimum Gasteiger partial charge on any atom is -0.489 e. The Hall–Kier alpha value is -3.74. The third-order valence-corrected chi connectivity index (χ3v) is 21.5. The van der Waals surface area contributed by atoms with Crippen molar-refractivity contribution < 1.29 is 99.3 Å². The molecule has 129 heavy (non-hydrogen) atoms. The number of β-amino-alcohol motifs (C(OH)–C–C–N with tert-alkyl or cyclic N) is 2. The lowest BCUT2D eigenvalue weighted by molar-refractivity contribution is -0.139. The van der Waals surface area contributed by atoms with E-state index < -0.39 is 11.8 Å². The van der Waals surface area contributed by atoms with Gasteiger partial charge in [-0.1, -0.05) is 83.8 Å². The number of halogens is 4. The van der Waals surface area contributed by atoms with E-state index in [1.165, 1.54) is 146 Å². The van der Waals surface area contributed by atoms with Crippen LogP contribution in [0, 0.1) is 11.8 Å². The Morgan fingerprint density at radius 1 is 0.419 bits per heavy atom. The molecule has 0 spiro atoms. The molecule has 1 aromatic heterocycles. The molecule has 2 aromatic carbocycles. The van der Waals surface area contributed by atoms with Crippen LogP contribution in [-0.2, 0) is 29.2 Å². The van der Waals surface area contributed by atoms with Crippen LogP contribution in [0.5, 0.6) is 11.5 Å². The zero-order valence-electron chi connectivity index (χ0n) is 79.1. The lowest BCUT2D eigenvalue weighted by Crippen LogP contribution is -2.41. The van der Waals surface area contributed by atoms with Crippen LogP contribution in [-0.4, -0.2) is 377 Å². The number of aliphatic hydroxyl groups excluding tert-OH is 12. The normalized spacial score (nSPS) is 12.5. The zero-order valence-corrected chi connectivity index (χ0v) is 85.4. The van der Waals surface area contributed by atoms with Gasteiger partial charge in [-0.3, -0.25) is 19.4 Å². The van der Waals surface area contributed by atoms with Crippen LogP contribution >= 0.6 is 63.7 Å². The number of ether oxygens (including phenoxy) is 5. The van der Waals surface area contributed by atoms with Gasteiger partial charge in [0.05, 0.1) is 84.0 Å². The Bertz CT molecular complexity index is 2700. The van der Waals surface area contributed by atoms with Crippen molar-refractivity contribution in [1.29, 1.82) is 0 Å². The summed E-state index contributed by atoms with van der Waals surface area (Å²) in [7, 11) is 7.80. The fraction of sp³-hybridized carbons (Fsp3) is 0.758. The molecule has 0 radical (unpaired) electrons. The van der Waals surface area contributed by atoms with E-state index in [4.69, 9.17) is 108 Å². The van der Waals surface area contributed by atoms with Gasteiger partial charge in [-0.05, 0) is 287 Å². The third-order valence-electron chi connectivity index (χ3n) is 19.2. The molecule has 3 aromatic rings. The predicted molar refractivity (Wildman–Crippen MR) is 533 cm³/mol. The number of likely N-dealkylation sites (tertiary alicyclic amines) is 2. The fourth-order valence-electron chi connectivity index (χ4n) is 12.0. The number of hydrogen-bond acceptors (Lipinski definition) is 31. The molecular formula is C91H176Br4N14O20. The highest BCUT2D eigenvalue weighted by Gasteiger charge is 2.28. The standard InChI is InChI=1S/C19H20Br4O4.C17H34N2O2.C10H14N2O3.C10H24N2.C9H20O4.C6H12N2O4.C6H14N2.C5H14N2.C5H12O2.C4H12N2O/c1-19(2,11-7-13(20)17(14(21)8-11)26-5-3-24)12-9-15(22)18(16(23)10-12)27-6-4-25;20-14-12-18-8-4-16(5-9-18)2-1-3-17-6-10-19(11-7-17)13-15-21;13-7-5-12(6-8-14)10(15)9-1-3-11-4-2-9;11-9-7-5-3-1-2-4-6-8-10-12;10-4-1-6-12-8-3-9-13-7-2-5-11;9-3-1-7-5(11)6(12)8-2-4-10;1-7-5-3-4-6-8-2;1-6-4-3-5-7-2;6-4-2-1-3-5-7;5-1-3-7-4-2-6/h7-10,24-25H,3-6H2,1-2H3;16-17,20-21H,1-15H2;1-4,13-14H,5-8H2;1-12H2;10-11H,1-9H2;9-10H,1-4H2,(H,7,11)(H,8,12);3-4,7-8H,5-6H2,1-2H3;6-7H,3-5H2,1-2H3;6-7H,1-5H2;1-6H2/b;;;;;;4-3+;;;. The predicted octanol–water partition coefficient (Wildman–Crippen LogP) is 5.14. The first-order valence-electron chi connectivity index (χ1n) is 46.1. The van der Waals surface area contributed by atoms with E-state index in [9.17, 15) is 14.4 Å². The number of aromatic nitrogens is 1. The van der Waals surface area contributed by atoms with Gasteiger partial charge >= 0.3 is 11.8 Å². The number of carbonyl (C=O) groups is 3. The highest BCUT2D eigenvalue weighted by Crippen LogP contribution is 2.44. The molecule has 26 N–H and O–H groups in total. The van der Waals surface area contributed by atoms with Crippen molar-refractivity contribution in [2.75, 3.05) is 278 Å². The maximum absolute atomic E-state index is 11.8. The summed E-state index contributed by atoms with van der Waals surface area (Å²) < 4.78 is 29.7. The number of nitrogens with two attached hydrogens (primary N) is 4. The van der Waals surface area contributed by atoms with Gasteiger partial charge in [-0.2, -0.15) is 0 Å². The number of likely N-dealkylation sites (N-methyl/N-ethyl adjacent to an activating group) is 2. The Morgan fingerprint density at radius 3 is 1.08 bits per heavy atom. The lowest BCUT2D eigenvalue weighted by atomic mass is 9.78. The second-order valence-corrected chi connectivity index (χ2v) is 33.6. The van der Waals surface area contributed by atoms with Gasteiger partial charge < -0.3 is 154 Å². The third kappa shape index (κ3) is 82.3. The van der Waals surface area contributed by atoms with Crippen molar-refractivity contribution >= 4 is 81.4 Å². The number of rotatable bonds is 60. The minimum absolute atomic E-state index is 0.0428. The molecule has 0 atom stereocenters. The number of nitrogens with zero attached hydrogens (tertiary/aromatic N) is 4. The fourth-order valence-corrected chi connectivity index (χ4v) is 14.8. The molecule has 0 bridgehead atoms. The molecule has 38 heteroatoms. The summed E-state index contributed by atoms with van der Waals surface area (Å²) in [4.78, 5) is 43.2. The van der Waals surface area contributed by atoms with Crippen LogP contribution in [0.25, 0.3) is 0 Å². The Morgan fingerprint density at radius 2 is 0.767 bits per heavy atom. The van der Waals surface area contributed by atoms with E-state index in [-0.39, 0.29) is 117 Å². The number of benzene rings is 2. The summed E-state index contributed by atoms with van der Waals surface area (Å²) in [5, 5.41) is 120. The number of amides is 3. The second-order valence-electron chi connectivity index (χ2n) is 30.2.